The smallest absolute Gasteiger partial charge is 0.191 e. The van der Waals surface area contributed by atoms with Crippen LogP contribution in [0.25, 0.3) is 0 Å². The van der Waals surface area contributed by atoms with Crippen molar-refractivity contribution in [3.8, 4) is 11.5 Å². The van der Waals surface area contributed by atoms with E-state index >= 15 is 0 Å². The Kier molecular flexibility index (Phi) is 10.2. The van der Waals surface area contributed by atoms with Crippen LogP contribution < -0.4 is 20.1 Å². The van der Waals surface area contributed by atoms with Crippen LogP contribution in [0.3, 0.4) is 0 Å². The van der Waals surface area contributed by atoms with Crippen molar-refractivity contribution < 1.29 is 13.9 Å². The summed E-state index contributed by atoms with van der Waals surface area (Å²) in [6, 6.07) is 12.6. The van der Waals surface area contributed by atoms with E-state index in [1.165, 1.54) is 13.2 Å². The highest BCUT2D eigenvalue weighted by molar-refractivity contribution is 14.0. The SMILES string of the molecule is C=CCOc1ccccc1CNC(=NC)NCc1ccc(OC)c(F)c1.I. The maximum Gasteiger partial charge on any atom is 0.191 e. The van der Waals surface area contributed by atoms with Crippen molar-refractivity contribution >= 4 is 29.9 Å². The third-order valence-corrected chi connectivity index (χ3v) is 3.68. The van der Waals surface area contributed by atoms with Crippen molar-refractivity contribution in [1.29, 1.82) is 0 Å². The first-order chi connectivity index (χ1) is 12.7. The minimum Gasteiger partial charge on any atom is -0.494 e. The van der Waals surface area contributed by atoms with Gasteiger partial charge in [-0.1, -0.05) is 36.9 Å². The summed E-state index contributed by atoms with van der Waals surface area (Å²) in [7, 11) is 3.13. The molecule has 0 radical (unpaired) electrons. The standard InChI is InChI=1S/C20H24FN3O2.HI/c1-4-11-26-18-8-6-5-7-16(18)14-24-20(22-2)23-13-15-9-10-19(25-3)17(21)12-15;/h4-10,12H,1,11,13-14H2,2-3H3,(H2,22,23,24);1H. The molecule has 0 aromatic heterocycles. The van der Waals surface area contributed by atoms with Gasteiger partial charge in [0.1, 0.15) is 12.4 Å². The van der Waals surface area contributed by atoms with Gasteiger partial charge in [-0.25, -0.2) is 4.39 Å². The van der Waals surface area contributed by atoms with Gasteiger partial charge in [-0.3, -0.25) is 4.99 Å². The zero-order valence-electron chi connectivity index (χ0n) is 15.5. The number of hydrogen-bond acceptors (Lipinski definition) is 3. The largest absolute Gasteiger partial charge is 0.494 e. The van der Waals surface area contributed by atoms with E-state index in [1.54, 1.807) is 25.3 Å². The van der Waals surface area contributed by atoms with E-state index in [-0.39, 0.29) is 35.5 Å². The summed E-state index contributed by atoms with van der Waals surface area (Å²) in [4.78, 5) is 4.19. The van der Waals surface area contributed by atoms with Crippen molar-refractivity contribution in [3.05, 3.63) is 72.1 Å². The molecule has 0 spiro atoms. The van der Waals surface area contributed by atoms with Gasteiger partial charge in [-0.2, -0.15) is 0 Å². The average molecular weight is 485 g/mol. The normalized spacial score (nSPS) is 10.6. The lowest BCUT2D eigenvalue weighted by Crippen LogP contribution is -2.36. The van der Waals surface area contributed by atoms with E-state index in [0.717, 1.165) is 16.9 Å². The van der Waals surface area contributed by atoms with Gasteiger partial charge in [0.15, 0.2) is 17.5 Å². The maximum atomic E-state index is 13.8. The van der Waals surface area contributed by atoms with Crippen LogP contribution in [0.5, 0.6) is 11.5 Å². The summed E-state index contributed by atoms with van der Waals surface area (Å²) in [6.45, 7) is 5.10. The number of nitrogens with zero attached hydrogens (tertiary/aromatic N) is 1. The van der Waals surface area contributed by atoms with Crippen LogP contribution in [0.15, 0.2) is 60.1 Å². The molecule has 0 fully saturated rings. The zero-order valence-corrected chi connectivity index (χ0v) is 17.8. The van der Waals surface area contributed by atoms with Gasteiger partial charge in [-0.15, -0.1) is 24.0 Å². The second-order valence-electron chi connectivity index (χ2n) is 5.46. The summed E-state index contributed by atoms with van der Waals surface area (Å²) >= 11 is 0. The highest BCUT2D eigenvalue weighted by atomic mass is 127. The molecule has 2 rings (SSSR count). The highest BCUT2D eigenvalue weighted by Gasteiger charge is 2.06. The third-order valence-electron chi connectivity index (χ3n) is 3.68. The number of para-hydroxylation sites is 1. The van der Waals surface area contributed by atoms with Gasteiger partial charge in [-0.05, 0) is 23.8 Å². The van der Waals surface area contributed by atoms with E-state index in [4.69, 9.17) is 9.47 Å². The lowest BCUT2D eigenvalue weighted by Gasteiger charge is -2.14. The van der Waals surface area contributed by atoms with Crippen molar-refractivity contribution in [2.24, 2.45) is 4.99 Å². The van der Waals surface area contributed by atoms with Gasteiger partial charge in [0, 0.05) is 25.7 Å². The summed E-state index contributed by atoms with van der Waals surface area (Å²) < 4.78 is 24.3. The molecule has 0 aliphatic heterocycles. The number of rotatable bonds is 8. The molecule has 5 nitrogen and oxygen atoms in total. The minimum atomic E-state index is -0.386. The maximum absolute atomic E-state index is 13.8. The van der Waals surface area contributed by atoms with Crippen molar-refractivity contribution in [2.45, 2.75) is 13.1 Å². The summed E-state index contributed by atoms with van der Waals surface area (Å²) in [6.07, 6.45) is 1.71. The molecule has 2 aromatic rings. The molecule has 0 saturated heterocycles. The van der Waals surface area contributed by atoms with Crippen LogP contribution in [0, 0.1) is 5.82 Å². The average Bonchev–Trinajstić information content (AvgIpc) is 2.67. The monoisotopic (exact) mass is 485 g/mol. The molecule has 0 amide bonds. The fraction of sp³-hybridized carbons (Fsp3) is 0.250. The second-order valence-corrected chi connectivity index (χ2v) is 5.46. The number of ether oxygens (including phenoxy) is 2. The highest BCUT2D eigenvalue weighted by Crippen LogP contribution is 2.18. The molecule has 0 atom stereocenters. The van der Waals surface area contributed by atoms with E-state index < -0.39 is 0 Å². The van der Waals surface area contributed by atoms with Gasteiger partial charge in [0.25, 0.3) is 0 Å². The quantitative estimate of drug-likeness (QED) is 0.258. The Labute approximate surface area is 176 Å². The van der Waals surface area contributed by atoms with Crippen molar-refractivity contribution in [2.75, 3.05) is 20.8 Å². The van der Waals surface area contributed by atoms with E-state index in [1.807, 2.05) is 24.3 Å². The molecule has 0 unspecified atom stereocenters. The zero-order chi connectivity index (χ0) is 18.8. The number of aliphatic imine (C=N–C) groups is 1. The minimum absolute atomic E-state index is 0. The first-order valence-corrected chi connectivity index (χ1v) is 8.26. The van der Waals surface area contributed by atoms with Crippen molar-refractivity contribution in [1.82, 2.24) is 10.6 Å². The molecule has 0 aliphatic carbocycles. The van der Waals surface area contributed by atoms with Gasteiger partial charge < -0.3 is 20.1 Å². The predicted molar refractivity (Wildman–Crippen MR) is 118 cm³/mol. The van der Waals surface area contributed by atoms with Gasteiger partial charge >= 0.3 is 0 Å². The molecule has 0 saturated carbocycles. The molecule has 146 valence electrons. The Morgan fingerprint density at radius 3 is 2.56 bits per heavy atom. The number of halogens is 2. The molecular weight excluding hydrogens is 460 g/mol. The first-order valence-electron chi connectivity index (χ1n) is 8.26. The number of nitrogens with one attached hydrogen (secondary N) is 2. The first kappa shape index (κ1) is 22.8. The summed E-state index contributed by atoms with van der Waals surface area (Å²) in [5.74, 6) is 1.25. The molecule has 0 aliphatic rings. The van der Waals surface area contributed by atoms with Crippen LogP contribution in [0.4, 0.5) is 4.39 Å². The van der Waals surface area contributed by atoms with Crippen molar-refractivity contribution in [3.63, 3.8) is 0 Å². The second kappa shape index (κ2) is 12.2. The Morgan fingerprint density at radius 2 is 1.89 bits per heavy atom. The molecule has 7 heteroatoms. The molecule has 2 aromatic carbocycles. The Bertz CT molecular complexity index is 769. The summed E-state index contributed by atoms with van der Waals surface area (Å²) in [5, 5.41) is 6.38. The number of hydrogen-bond donors (Lipinski definition) is 2. The van der Waals surface area contributed by atoms with Gasteiger partial charge in [0.05, 0.1) is 7.11 Å². The lowest BCUT2D eigenvalue weighted by atomic mass is 10.2. The van der Waals surface area contributed by atoms with Crippen LogP contribution >= 0.6 is 24.0 Å². The number of guanidine groups is 1. The van der Waals surface area contributed by atoms with E-state index in [2.05, 4.69) is 22.2 Å². The molecule has 2 N–H and O–H groups in total. The molecular formula is C20H25FIN3O2. The molecule has 0 bridgehead atoms. The number of methoxy groups -OCH3 is 1. The third kappa shape index (κ3) is 7.09. The Morgan fingerprint density at radius 1 is 1.15 bits per heavy atom. The Balaban J connectivity index is 0.00000364. The number of benzene rings is 2. The van der Waals surface area contributed by atoms with E-state index in [9.17, 15) is 4.39 Å². The molecule has 0 heterocycles. The summed E-state index contributed by atoms with van der Waals surface area (Å²) in [5.41, 5.74) is 1.80. The lowest BCUT2D eigenvalue weighted by molar-refractivity contribution is 0.358. The van der Waals surface area contributed by atoms with Gasteiger partial charge in [0.2, 0.25) is 0 Å². The van der Waals surface area contributed by atoms with E-state index in [0.29, 0.717) is 25.7 Å². The van der Waals surface area contributed by atoms with Crippen LogP contribution in [-0.4, -0.2) is 26.7 Å². The molecule has 27 heavy (non-hydrogen) atoms. The topological polar surface area (TPSA) is 54.9 Å². The Hall–Kier alpha value is -2.29. The van der Waals surface area contributed by atoms with Crippen LogP contribution in [0.1, 0.15) is 11.1 Å². The fourth-order valence-corrected chi connectivity index (χ4v) is 2.34. The predicted octanol–water partition coefficient (Wildman–Crippen LogP) is 3.88. The fourth-order valence-electron chi connectivity index (χ4n) is 2.34. The van der Waals surface area contributed by atoms with Crippen LogP contribution in [-0.2, 0) is 13.1 Å². The van der Waals surface area contributed by atoms with Crippen LogP contribution in [0.2, 0.25) is 0 Å².